The molecule has 1 aromatic carbocycles. The van der Waals surface area contributed by atoms with Gasteiger partial charge < -0.3 is 5.32 Å². The zero-order valence-electron chi connectivity index (χ0n) is 12.6. The minimum absolute atomic E-state index is 0.424. The second-order valence-electron chi connectivity index (χ2n) is 5.93. The summed E-state index contributed by atoms with van der Waals surface area (Å²) in [6.45, 7) is 7.64. The van der Waals surface area contributed by atoms with Gasteiger partial charge in [0, 0.05) is 22.3 Å². The van der Waals surface area contributed by atoms with E-state index in [2.05, 4.69) is 50.4 Å². The van der Waals surface area contributed by atoms with E-state index in [1.807, 2.05) is 11.3 Å². The fourth-order valence-corrected chi connectivity index (χ4v) is 4.22. The van der Waals surface area contributed by atoms with Crippen LogP contribution in [0.5, 0.6) is 0 Å². The van der Waals surface area contributed by atoms with Crippen LogP contribution in [0.4, 0.5) is 0 Å². The number of nitrogens with one attached hydrogen (secondary N) is 1. The van der Waals surface area contributed by atoms with Gasteiger partial charge in [0.1, 0.15) is 0 Å². The summed E-state index contributed by atoms with van der Waals surface area (Å²) in [7, 11) is 0. The Labute approximate surface area is 126 Å². The molecule has 1 aromatic heterocycles. The number of aryl methyl sites for hydroxylation is 4. The first-order valence-electron chi connectivity index (χ1n) is 7.54. The highest BCUT2D eigenvalue weighted by molar-refractivity contribution is 7.12. The Morgan fingerprint density at radius 2 is 1.95 bits per heavy atom. The summed E-state index contributed by atoms with van der Waals surface area (Å²) in [5, 5.41) is 3.67. The molecule has 1 N–H and O–H groups in total. The summed E-state index contributed by atoms with van der Waals surface area (Å²) < 4.78 is 0. The van der Waals surface area contributed by atoms with Crippen molar-refractivity contribution in [2.24, 2.45) is 0 Å². The molecule has 3 rings (SSSR count). The van der Waals surface area contributed by atoms with Crippen molar-refractivity contribution in [2.45, 2.75) is 52.6 Å². The lowest BCUT2D eigenvalue weighted by Gasteiger charge is -2.14. The van der Waals surface area contributed by atoms with Crippen LogP contribution in [0.2, 0.25) is 0 Å². The predicted molar refractivity (Wildman–Crippen MR) is 87.5 cm³/mol. The molecule has 1 nitrogen and oxygen atoms in total. The lowest BCUT2D eigenvalue weighted by atomic mass is 10.1. The highest BCUT2D eigenvalue weighted by atomic mass is 32.1. The molecule has 0 spiro atoms. The molecule has 0 amide bonds. The summed E-state index contributed by atoms with van der Waals surface area (Å²) in [6, 6.07) is 9.75. The monoisotopic (exact) mass is 285 g/mol. The zero-order valence-corrected chi connectivity index (χ0v) is 13.4. The molecule has 1 aliphatic rings. The molecule has 0 bridgehead atoms. The van der Waals surface area contributed by atoms with Gasteiger partial charge in [-0.05, 0) is 68.4 Å². The van der Waals surface area contributed by atoms with E-state index in [0.29, 0.717) is 6.04 Å². The Kier molecular flexibility index (Phi) is 3.95. The molecule has 106 valence electrons. The number of fused-ring (bicyclic) bond motifs is 1. The molecule has 0 radical (unpaired) electrons. The topological polar surface area (TPSA) is 12.0 Å². The molecule has 0 saturated carbocycles. The van der Waals surface area contributed by atoms with Gasteiger partial charge in [0.05, 0.1) is 0 Å². The molecular formula is C18H23NS. The van der Waals surface area contributed by atoms with E-state index >= 15 is 0 Å². The second-order valence-corrected chi connectivity index (χ2v) is 7.39. The first-order chi connectivity index (χ1) is 9.63. The van der Waals surface area contributed by atoms with E-state index in [0.717, 1.165) is 6.54 Å². The normalized spacial score (nSPS) is 15.3. The van der Waals surface area contributed by atoms with Crippen LogP contribution in [-0.2, 0) is 19.4 Å². The van der Waals surface area contributed by atoms with Crippen molar-refractivity contribution in [3.05, 3.63) is 56.3 Å². The van der Waals surface area contributed by atoms with Crippen molar-refractivity contribution < 1.29 is 0 Å². The summed E-state index contributed by atoms with van der Waals surface area (Å²) in [5.74, 6) is 0. The number of hydrogen-bond acceptors (Lipinski definition) is 2. The fourth-order valence-electron chi connectivity index (χ4n) is 3.20. The molecule has 2 aromatic rings. The first-order valence-corrected chi connectivity index (χ1v) is 8.36. The maximum Gasteiger partial charge on any atom is 0.0305 e. The lowest BCUT2D eigenvalue weighted by molar-refractivity contribution is 0.574. The quantitative estimate of drug-likeness (QED) is 0.858. The van der Waals surface area contributed by atoms with Gasteiger partial charge in [0.15, 0.2) is 0 Å². The summed E-state index contributed by atoms with van der Waals surface area (Å²) >= 11 is 1.90. The van der Waals surface area contributed by atoms with Crippen molar-refractivity contribution in [1.29, 1.82) is 0 Å². The fraction of sp³-hybridized carbons (Fsp3) is 0.444. The highest BCUT2D eigenvalue weighted by Crippen LogP contribution is 2.27. The predicted octanol–water partition coefficient (Wildman–Crippen LogP) is 4.70. The van der Waals surface area contributed by atoms with Crippen molar-refractivity contribution in [3.63, 3.8) is 0 Å². The Hall–Kier alpha value is -1.12. The third-order valence-electron chi connectivity index (χ3n) is 4.32. The Balaban J connectivity index is 1.66. The molecule has 0 saturated heterocycles. The van der Waals surface area contributed by atoms with Crippen LogP contribution in [0.3, 0.4) is 0 Å². The minimum Gasteiger partial charge on any atom is -0.306 e. The summed E-state index contributed by atoms with van der Waals surface area (Å²) in [6.07, 6.45) is 3.87. The summed E-state index contributed by atoms with van der Waals surface area (Å²) in [4.78, 5) is 2.85. The van der Waals surface area contributed by atoms with Crippen LogP contribution in [0.25, 0.3) is 0 Å². The average molecular weight is 285 g/mol. The maximum atomic E-state index is 3.67. The van der Waals surface area contributed by atoms with Gasteiger partial charge in [0.2, 0.25) is 0 Å². The van der Waals surface area contributed by atoms with Gasteiger partial charge in [-0.15, -0.1) is 11.3 Å². The van der Waals surface area contributed by atoms with Crippen LogP contribution in [0, 0.1) is 13.8 Å². The van der Waals surface area contributed by atoms with Crippen LogP contribution in [-0.4, -0.2) is 0 Å². The molecule has 20 heavy (non-hydrogen) atoms. The molecule has 1 atom stereocenters. The minimum atomic E-state index is 0.424. The lowest BCUT2D eigenvalue weighted by Crippen LogP contribution is -2.18. The Bertz CT molecular complexity index is 612. The van der Waals surface area contributed by atoms with Gasteiger partial charge >= 0.3 is 0 Å². The van der Waals surface area contributed by atoms with E-state index in [4.69, 9.17) is 0 Å². The van der Waals surface area contributed by atoms with Gasteiger partial charge in [-0.1, -0.05) is 18.2 Å². The van der Waals surface area contributed by atoms with Crippen molar-refractivity contribution in [3.8, 4) is 0 Å². The molecule has 1 aliphatic carbocycles. The molecule has 0 aliphatic heterocycles. The third-order valence-corrected chi connectivity index (χ3v) is 5.30. The van der Waals surface area contributed by atoms with Gasteiger partial charge in [-0.2, -0.15) is 0 Å². The van der Waals surface area contributed by atoms with E-state index < -0.39 is 0 Å². The maximum absolute atomic E-state index is 3.67. The third kappa shape index (κ3) is 2.82. The van der Waals surface area contributed by atoms with Crippen LogP contribution in [0.1, 0.15) is 51.4 Å². The molecule has 1 heterocycles. The number of rotatable bonds is 4. The zero-order chi connectivity index (χ0) is 14.1. The molecule has 2 heteroatoms. The number of hydrogen-bond donors (Lipinski definition) is 1. The van der Waals surface area contributed by atoms with Crippen molar-refractivity contribution in [2.75, 3.05) is 0 Å². The Morgan fingerprint density at radius 3 is 2.70 bits per heavy atom. The van der Waals surface area contributed by atoms with Gasteiger partial charge in [-0.25, -0.2) is 0 Å². The van der Waals surface area contributed by atoms with E-state index in [1.165, 1.54) is 40.1 Å². The smallest absolute Gasteiger partial charge is 0.0305 e. The molecular weight excluding hydrogens is 262 g/mol. The van der Waals surface area contributed by atoms with Crippen LogP contribution >= 0.6 is 11.3 Å². The summed E-state index contributed by atoms with van der Waals surface area (Å²) in [5.41, 5.74) is 6.00. The van der Waals surface area contributed by atoms with Gasteiger partial charge in [-0.3, -0.25) is 0 Å². The van der Waals surface area contributed by atoms with E-state index in [-0.39, 0.29) is 0 Å². The molecule has 0 fully saturated rings. The second kappa shape index (κ2) is 5.71. The number of benzene rings is 1. The standard InChI is InChI=1S/C18H23NS/c1-12-9-18(14(3)20-12)13(2)19-11-15-7-8-16-5-4-6-17(16)10-15/h7-10,13,19H,4-6,11H2,1-3H3. The van der Waals surface area contributed by atoms with Crippen LogP contribution < -0.4 is 5.32 Å². The number of thiophene rings is 1. The van der Waals surface area contributed by atoms with Crippen molar-refractivity contribution >= 4 is 11.3 Å². The van der Waals surface area contributed by atoms with E-state index in [1.54, 1.807) is 11.1 Å². The average Bonchev–Trinajstić information content (AvgIpc) is 3.01. The first kappa shape index (κ1) is 13.8. The van der Waals surface area contributed by atoms with Crippen molar-refractivity contribution in [1.82, 2.24) is 5.32 Å². The molecule has 1 unspecified atom stereocenters. The Morgan fingerprint density at radius 1 is 1.15 bits per heavy atom. The van der Waals surface area contributed by atoms with Gasteiger partial charge in [0.25, 0.3) is 0 Å². The van der Waals surface area contributed by atoms with E-state index in [9.17, 15) is 0 Å². The SMILES string of the molecule is Cc1cc(C(C)NCc2ccc3c(c2)CCC3)c(C)s1. The highest BCUT2D eigenvalue weighted by Gasteiger charge is 2.13. The van der Waals surface area contributed by atoms with Crippen LogP contribution in [0.15, 0.2) is 24.3 Å². The largest absolute Gasteiger partial charge is 0.306 e.